The number of halogens is 3. The lowest BCUT2D eigenvalue weighted by Crippen LogP contribution is -2.51. The van der Waals surface area contributed by atoms with Crippen LogP contribution >= 0.6 is 0 Å². The summed E-state index contributed by atoms with van der Waals surface area (Å²) < 4.78 is 41.1. The predicted molar refractivity (Wildman–Crippen MR) is 106 cm³/mol. The summed E-state index contributed by atoms with van der Waals surface area (Å²) in [4.78, 5) is 31.9. The molecular formula is C22H18F3N3O3. The van der Waals surface area contributed by atoms with Crippen LogP contribution in [0.1, 0.15) is 35.3 Å². The normalized spacial score (nSPS) is 15.1. The smallest absolute Gasteiger partial charge is 0.406 e. The first-order valence-corrected chi connectivity index (χ1v) is 9.60. The van der Waals surface area contributed by atoms with Gasteiger partial charge in [-0.15, -0.1) is 13.2 Å². The second kappa shape index (κ2) is 7.90. The van der Waals surface area contributed by atoms with Gasteiger partial charge in [-0.1, -0.05) is 42.5 Å². The van der Waals surface area contributed by atoms with E-state index in [1.165, 1.54) is 24.3 Å². The maximum atomic E-state index is 12.9. The highest BCUT2D eigenvalue weighted by molar-refractivity contribution is 5.93. The highest BCUT2D eigenvalue weighted by Gasteiger charge is 2.40. The van der Waals surface area contributed by atoms with Gasteiger partial charge < -0.3 is 15.0 Å². The fraction of sp³-hybridized carbons (Fsp3) is 0.227. The standard InChI is InChI=1S/C22H18F3N3O3/c23-22(24,25)31-16-9-7-15(8-10-16)21(11-4-12-21)28-20(30)17-13-18(29)27-19(26-17)14-5-2-1-3-6-14/h1-3,5-10,13H,4,11-12H2,(H,28,30)(H,26,27,29). The van der Waals surface area contributed by atoms with Gasteiger partial charge in [-0.3, -0.25) is 9.59 Å². The van der Waals surface area contributed by atoms with Crippen LogP contribution in [0.4, 0.5) is 13.2 Å². The first-order valence-electron chi connectivity index (χ1n) is 9.60. The number of rotatable bonds is 5. The molecule has 1 aliphatic rings. The third-order valence-electron chi connectivity index (χ3n) is 5.22. The second-order valence-corrected chi connectivity index (χ2v) is 7.31. The molecule has 1 fully saturated rings. The van der Waals surface area contributed by atoms with Crippen LogP contribution in [-0.4, -0.2) is 22.2 Å². The number of carbonyl (C=O) groups excluding carboxylic acids is 1. The Morgan fingerprint density at radius 1 is 1.06 bits per heavy atom. The minimum Gasteiger partial charge on any atom is -0.406 e. The molecule has 160 valence electrons. The maximum Gasteiger partial charge on any atom is 0.573 e. The van der Waals surface area contributed by atoms with Gasteiger partial charge in [0, 0.05) is 11.6 Å². The molecule has 0 aliphatic heterocycles. The number of benzene rings is 2. The van der Waals surface area contributed by atoms with Crippen molar-refractivity contribution in [3.63, 3.8) is 0 Å². The van der Waals surface area contributed by atoms with E-state index in [-0.39, 0.29) is 17.3 Å². The zero-order valence-electron chi connectivity index (χ0n) is 16.2. The van der Waals surface area contributed by atoms with E-state index in [4.69, 9.17) is 0 Å². The van der Waals surface area contributed by atoms with E-state index in [2.05, 4.69) is 20.0 Å². The molecule has 31 heavy (non-hydrogen) atoms. The molecule has 3 aromatic rings. The van der Waals surface area contributed by atoms with E-state index < -0.39 is 23.4 Å². The third-order valence-corrected chi connectivity index (χ3v) is 5.22. The van der Waals surface area contributed by atoms with E-state index in [0.717, 1.165) is 12.5 Å². The molecule has 2 N–H and O–H groups in total. The molecule has 0 saturated heterocycles. The van der Waals surface area contributed by atoms with Crippen molar-refractivity contribution >= 4 is 5.91 Å². The van der Waals surface area contributed by atoms with Gasteiger partial charge in [0.25, 0.3) is 11.5 Å². The number of hydrogen-bond donors (Lipinski definition) is 2. The van der Waals surface area contributed by atoms with Gasteiger partial charge in [-0.05, 0) is 37.0 Å². The maximum absolute atomic E-state index is 12.9. The number of nitrogens with zero attached hydrogens (tertiary/aromatic N) is 1. The van der Waals surface area contributed by atoms with E-state index >= 15 is 0 Å². The topological polar surface area (TPSA) is 84.1 Å². The van der Waals surface area contributed by atoms with E-state index in [0.29, 0.717) is 24.0 Å². The van der Waals surface area contributed by atoms with Gasteiger partial charge in [-0.25, -0.2) is 4.98 Å². The third kappa shape index (κ3) is 4.60. The van der Waals surface area contributed by atoms with E-state index in [9.17, 15) is 22.8 Å². The fourth-order valence-electron chi connectivity index (χ4n) is 3.58. The van der Waals surface area contributed by atoms with Crippen molar-refractivity contribution in [2.45, 2.75) is 31.2 Å². The summed E-state index contributed by atoms with van der Waals surface area (Å²) in [6, 6.07) is 15.5. The summed E-state index contributed by atoms with van der Waals surface area (Å²) in [7, 11) is 0. The largest absolute Gasteiger partial charge is 0.573 e. The van der Waals surface area contributed by atoms with Crippen LogP contribution in [0.3, 0.4) is 0 Å². The molecule has 1 aliphatic carbocycles. The molecule has 0 spiro atoms. The van der Waals surface area contributed by atoms with Gasteiger partial charge in [0.05, 0.1) is 5.54 Å². The monoisotopic (exact) mass is 429 g/mol. The summed E-state index contributed by atoms with van der Waals surface area (Å²) in [5.41, 5.74) is 0.0919. The lowest BCUT2D eigenvalue weighted by molar-refractivity contribution is -0.274. The van der Waals surface area contributed by atoms with Gasteiger partial charge in [-0.2, -0.15) is 0 Å². The highest BCUT2D eigenvalue weighted by atomic mass is 19.4. The number of amides is 1. The lowest BCUT2D eigenvalue weighted by Gasteiger charge is -2.43. The number of H-pyrrole nitrogens is 1. The Kier molecular flexibility index (Phi) is 5.26. The number of aromatic nitrogens is 2. The predicted octanol–water partition coefficient (Wildman–Crippen LogP) is 4.14. The second-order valence-electron chi connectivity index (χ2n) is 7.31. The molecule has 6 nitrogen and oxygen atoms in total. The molecule has 0 radical (unpaired) electrons. The van der Waals surface area contributed by atoms with Crippen molar-refractivity contribution in [1.82, 2.24) is 15.3 Å². The van der Waals surface area contributed by atoms with Crippen molar-refractivity contribution in [1.29, 1.82) is 0 Å². The molecule has 0 atom stereocenters. The van der Waals surface area contributed by atoms with Gasteiger partial charge in [0.2, 0.25) is 0 Å². The van der Waals surface area contributed by atoms with Crippen LogP contribution in [0.2, 0.25) is 0 Å². The van der Waals surface area contributed by atoms with Crippen molar-refractivity contribution in [2.75, 3.05) is 0 Å². The van der Waals surface area contributed by atoms with Gasteiger partial charge in [0.1, 0.15) is 17.3 Å². The van der Waals surface area contributed by atoms with Crippen molar-refractivity contribution < 1.29 is 22.7 Å². The Morgan fingerprint density at radius 3 is 2.32 bits per heavy atom. The van der Waals surface area contributed by atoms with Crippen LogP contribution < -0.4 is 15.6 Å². The van der Waals surface area contributed by atoms with Crippen molar-refractivity contribution in [3.8, 4) is 17.1 Å². The zero-order chi connectivity index (χ0) is 22.1. The Labute approximate surface area is 175 Å². The first-order chi connectivity index (χ1) is 14.7. The summed E-state index contributed by atoms with van der Waals surface area (Å²) in [6.07, 6.45) is -2.69. The van der Waals surface area contributed by atoms with Gasteiger partial charge >= 0.3 is 6.36 Å². The molecule has 1 heterocycles. The van der Waals surface area contributed by atoms with Crippen LogP contribution in [-0.2, 0) is 5.54 Å². The van der Waals surface area contributed by atoms with Crippen molar-refractivity contribution in [2.24, 2.45) is 0 Å². The van der Waals surface area contributed by atoms with Crippen LogP contribution in [0, 0.1) is 0 Å². The average molecular weight is 429 g/mol. The highest BCUT2D eigenvalue weighted by Crippen LogP contribution is 2.42. The quantitative estimate of drug-likeness (QED) is 0.638. The van der Waals surface area contributed by atoms with Gasteiger partial charge in [0.15, 0.2) is 0 Å². The Hall–Kier alpha value is -3.62. The number of alkyl halides is 3. The molecule has 0 unspecified atom stereocenters. The Morgan fingerprint density at radius 2 is 1.74 bits per heavy atom. The Bertz CT molecular complexity index is 1140. The van der Waals surface area contributed by atoms with E-state index in [1.807, 2.05) is 6.07 Å². The number of aromatic amines is 1. The number of nitrogens with one attached hydrogen (secondary N) is 2. The molecule has 1 saturated carbocycles. The van der Waals surface area contributed by atoms with E-state index in [1.54, 1.807) is 24.3 Å². The minimum atomic E-state index is -4.77. The first kappa shape index (κ1) is 20.6. The summed E-state index contributed by atoms with van der Waals surface area (Å²) in [5, 5.41) is 2.92. The Balaban J connectivity index is 1.57. The van der Waals surface area contributed by atoms with Crippen LogP contribution in [0.25, 0.3) is 11.4 Å². The molecule has 9 heteroatoms. The molecule has 2 aromatic carbocycles. The molecule has 1 aromatic heterocycles. The molecular weight excluding hydrogens is 411 g/mol. The minimum absolute atomic E-state index is 0.0362. The number of carbonyl (C=O) groups is 1. The molecule has 4 rings (SSSR count). The molecule has 1 amide bonds. The average Bonchev–Trinajstić information content (AvgIpc) is 2.70. The summed E-state index contributed by atoms with van der Waals surface area (Å²) >= 11 is 0. The zero-order valence-corrected chi connectivity index (χ0v) is 16.2. The van der Waals surface area contributed by atoms with Crippen LogP contribution in [0.5, 0.6) is 5.75 Å². The summed E-state index contributed by atoms with van der Waals surface area (Å²) in [5.74, 6) is -0.589. The summed E-state index contributed by atoms with van der Waals surface area (Å²) in [6.45, 7) is 0. The number of hydrogen-bond acceptors (Lipinski definition) is 4. The number of ether oxygens (including phenoxy) is 1. The van der Waals surface area contributed by atoms with Crippen LogP contribution in [0.15, 0.2) is 65.5 Å². The lowest BCUT2D eigenvalue weighted by atomic mass is 9.71. The fourth-order valence-corrected chi connectivity index (χ4v) is 3.58. The SMILES string of the molecule is O=C(NC1(c2ccc(OC(F)(F)F)cc2)CCC1)c1cc(=O)[nH]c(-c2ccccc2)n1. The van der Waals surface area contributed by atoms with Crippen molar-refractivity contribution in [3.05, 3.63) is 82.3 Å². The molecule has 0 bridgehead atoms.